The first-order valence-corrected chi connectivity index (χ1v) is 7.23. The first kappa shape index (κ1) is 11.0. The van der Waals surface area contributed by atoms with Gasteiger partial charge in [-0.15, -0.1) is 0 Å². The number of rotatable bonds is 2. The van der Waals surface area contributed by atoms with Gasteiger partial charge in [0.1, 0.15) is 0 Å². The van der Waals surface area contributed by atoms with E-state index >= 15 is 0 Å². The quantitative estimate of drug-likeness (QED) is 0.664. The topological polar surface area (TPSA) is 0 Å². The van der Waals surface area contributed by atoms with E-state index in [1.54, 1.807) is 0 Å². The molecule has 2 fully saturated rings. The Bertz CT molecular complexity index is 86.9. The molecule has 0 heterocycles. The zero-order chi connectivity index (χ0) is 8.81. The number of hydrogen-bond acceptors (Lipinski definition) is 0. The molecule has 12 heavy (non-hydrogen) atoms. The van der Waals surface area contributed by atoms with Crippen LogP contribution in [-0.2, 0) is 0 Å². The van der Waals surface area contributed by atoms with E-state index in [9.17, 15) is 0 Å². The normalized spacial score (nSPS) is 23.5. The van der Waals surface area contributed by atoms with Gasteiger partial charge in [-0.2, -0.15) is 0 Å². The van der Waals surface area contributed by atoms with Crippen molar-refractivity contribution in [1.29, 1.82) is 0 Å². The van der Waals surface area contributed by atoms with Crippen LogP contribution < -0.4 is 0 Å². The Labute approximate surface area is 92.8 Å². The third kappa shape index (κ3) is 3.78. The smallest absolute Gasteiger partial charge is 0.00596 e. The molecule has 0 spiro atoms. The van der Waals surface area contributed by atoms with Crippen LogP contribution in [0, 0.1) is 11.8 Å². The Kier molecular flexibility index (Phi) is 5.90. The van der Waals surface area contributed by atoms with Crippen LogP contribution in [0.25, 0.3) is 0 Å². The molecule has 2 aliphatic rings. The summed E-state index contributed by atoms with van der Waals surface area (Å²) in [4.78, 5) is 0. The fourth-order valence-electron chi connectivity index (χ4n) is 1.29. The molecule has 0 nitrogen and oxygen atoms in total. The summed E-state index contributed by atoms with van der Waals surface area (Å²) in [7, 11) is 0. The molecule has 0 atom stereocenters. The maximum Gasteiger partial charge on any atom is 0.00596 e. The summed E-state index contributed by atoms with van der Waals surface area (Å²) in [6.45, 7) is 0. The van der Waals surface area contributed by atoms with Crippen molar-refractivity contribution in [2.45, 2.75) is 38.5 Å². The van der Waals surface area contributed by atoms with Crippen LogP contribution in [0.5, 0.6) is 0 Å². The molecule has 0 unspecified atom stereocenters. The van der Waals surface area contributed by atoms with Crippen LogP contribution >= 0.6 is 31.9 Å². The Morgan fingerprint density at radius 2 is 1.08 bits per heavy atom. The molecule has 0 bridgehead atoms. The molecule has 0 aliphatic heterocycles. The highest BCUT2D eigenvalue weighted by molar-refractivity contribution is 9.09. The monoisotopic (exact) mass is 296 g/mol. The predicted octanol–water partition coefficient (Wildman–Crippen LogP) is 4.36. The Balaban J connectivity index is 0.000000120. The molecule has 0 amide bonds. The van der Waals surface area contributed by atoms with Gasteiger partial charge in [0.05, 0.1) is 0 Å². The van der Waals surface area contributed by atoms with Crippen molar-refractivity contribution < 1.29 is 0 Å². The van der Waals surface area contributed by atoms with E-state index < -0.39 is 0 Å². The Morgan fingerprint density at radius 1 is 0.750 bits per heavy atom. The Morgan fingerprint density at radius 3 is 1.08 bits per heavy atom. The van der Waals surface area contributed by atoms with E-state index in [2.05, 4.69) is 31.9 Å². The van der Waals surface area contributed by atoms with Gasteiger partial charge >= 0.3 is 0 Å². The fourth-order valence-corrected chi connectivity index (χ4v) is 2.59. The van der Waals surface area contributed by atoms with E-state index in [1.807, 2.05) is 0 Å². The third-order valence-corrected chi connectivity index (χ3v) is 4.72. The minimum atomic E-state index is 1.03. The van der Waals surface area contributed by atoms with Crippen LogP contribution in [-0.4, -0.2) is 10.7 Å². The van der Waals surface area contributed by atoms with E-state index in [0.29, 0.717) is 0 Å². The van der Waals surface area contributed by atoms with Crippen LogP contribution in [0.3, 0.4) is 0 Å². The number of halogens is 2. The van der Waals surface area contributed by atoms with Crippen LogP contribution in [0.4, 0.5) is 0 Å². The highest BCUT2D eigenvalue weighted by Crippen LogP contribution is 2.27. The van der Waals surface area contributed by atoms with Crippen LogP contribution in [0.1, 0.15) is 38.5 Å². The second kappa shape index (κ2) is 6.42. The maximum atomic E-state index is 3.43. The van der Waals surface area contributed by atoms with Crippen molar-refractivity contribution in [3.8, 4) is 0 Å². The van der Waals surface area contributed by atoms with Crippen molar-refractivity contribution in [2.24, 2.45) is 11.8 Å². The second-order valence-electron chi connectivity index (χ2n) is 3.90. The van der Waals surface area contributed by atoms with Gasteiger partial charge in [0, 0.05) is 10.7 Å². The molecule has 2 heteroatoms. The summed E-state index contributed by atoms with van der Waals surface area (Å²) in [5.74, 6) is 2.06. The zero-order valence-electron chi connectivity index (χ0n) is 7.57. The largest absolute Gasteiger partial charge is 0.0925 e. The molecular formula is C10H18Br2. The van der Waals surface area contributed by atoms with Crippen molar-refractivity contribution in [1.82, 2.24) is 0 Å². The average Bonchev–Trinajstić information content (AvgIpc) is 1.83. The van der Waals surface area contributed by atoms with E-state index in [4.69, 9.17) is 0 Å². The summed E-state index contributed by atoms with van der Waals surface area (Å²) in [5.41, 5.74) is 0. The van der Waals surface area contributed by atoms with Gasteiger partial charge in [-0.25, -0.2) is 0 Å². The summed E-state index contributed by atoms with van der Waals surface area (Å²) in [6.07, 6.45) is 8.79. The Hall–Kier alpha value is 0.960. The summed E-state index contributed by atoms with van der Waals surface area (Å²) in [6, 6.07) is 0. The first-order valence-electron chi connectivity index (χ1n) is 4.98. The molecule has 2 saturated carbocycles. The molecule has 2 rings (SSSR count). The van der Waals surface area contributed by atoms with Gasteiger partial charge < -0.3 is 0 Å². The van der Waals surface area contributed by atoms with Crippen molar-refractivity contribution >= 4 is 31.9 Å². The fraction of sp³-hybridized carbons (Fsp3) is 1.00. The standard InChI is InChI=1S/2C5H9Br/c2*6-4-5-2-1-3-5/h2*5H,1-4H2. The molecule has 0 saturated heterocycles. The molecule has 0 aromatic carbocycles. The molecule has 0 radical (unpaired) electrons. The maximum absolute atomic E-state index is 3.43. The third-order valence-electron chi connectivity index (χ3n) is 2.89. The highest BCUT2D eigenvalue weighted by Gasteiger charge is 2.14. The molecule has 72 valence electrons. The van der Waals surface area contributed by atoms with E-state index in [1.165, 1.54) is 49.2 Å². The predicted molar refractivity (Wildman–Crippen MR) is 62.3 cm³/mol. The molecule has 0 aromatic heterocycles. The molecule has 0 N–H and O–H groups in total. The second-order valence-corrected chi connectivity index (χ2v) is 5.20. The van der Waals surface area contributed by atoms with Gasteiger partial charge in [-0.3, -0.25) is 0 Å². The van der Waals surface area contributed by atoms with E-state index in [-0.39, 0.29) is 0 Å². The van der Waals surface area contributed by atoms with Crippen LogP contribution in [0.2, 0.25) is 0 Å². The summed E-state index contributed by atoms with van der Waals surface area (Å²) in [5, 5.41) is 2.46. The highest BCUT2D eigenvalue weighted by atomic mass is 79.9. The van der Waals surface area contributed by atoms with Gasteiger partial charge in [0.2, 0.25) is 0 Å². The van der Waals surface area contributed by atoms with Crippen molar-refractivity contribution in [3.05, 3.63) is 0 Å². The number of alkyl halides is 2. The lowest BCUT2D eigenvalue weighted by molar-refractivity contribution is 0.355. The van der Waals surface area contributed by atoms with Gasteiger partial charge in [-0.1, -0.05) is 44.7 Å². The van der Waals surface area contributed by atoms with Gasteiger partial charge in [0.15, 0.2) is 0 Å². The molecular weight excluding hydrogens is 280 g/mol. The lowest BCUT2D eigenvalue weighted by atomic mass is 9.88. The SMILES string of the molecule is BrCC1CCC1.BrCC1CCC1. The minimum Gasteiger partial charge on any atom is -0.0925 e. The molecule has 0 aromatic rings. The molecule has 2 aliphatic carbocycles. The van der Waals surface area contributed by atoms with Crippen molar-refractivity contribution in [3.63, 3.8) is 0 Å². The summed E-state index contributed by atoms with van der Waals surface area (Å²) < 4.78 is 0. The first-order chi connectivity index (χ1) is 5.86. The minimum absolute atomic E-state index is 1.03. The van der Waals surface area contributed by atoms with Crippen LogP contribution in [0.15, 0.2) is 0 Å². The van der Waals surface area contributed by atoms with Crippen molar-refractivity contribution in [2.75, 3.05) is 10.7 Å². The lowest BCUT2D eigenvalue weighted by Crippen LogP contribution is -2.11. The van der Waals surface area contributed by atoms with Gasteiger partial charge in [0.25, 0.3) is 0 Å². The summed E-state index contributed by atoms with van der Waals surface area (Å²) >= 11 is 6.85. The zero-order valence-corrected chi connectivity index (χ0v) is 10.7. The average molecular weight is 298 g/mol. The van der Waals surface area contributed by atoms with E-state index in [0.717, 1.165) is 11.8 Å². The lowest BCUT2D eigenvalue weighted by Gasteiger charge is -2.21. The van der Waals surface area contributed by atoms with Gasteiger partial charge in [-0.05, 0) is 37.5 Å². The number of hydrogen-bond donors (Lipinski definition) is 0.